The first-order chi connectivity index (χ1) is 7.02. The number of halogens is 1. The summed E-state index contributed by atoms with van der Waals surface area (Å²) in [5.41, 5.74) is -1.25. The molecule has 1 aliphatic rings. The third-order valence-electron chi connectivity index (χ3n) is 2.93. The minimum Gasteiger partial charge on any atom is -0.244 e. The van der Waals surface area contributed by atoms with Gasteiger partial charge in [-0.05, 0) is 24.7 Å². The van der Waals surface area contributed by atoms with Crippen molar-refractivity contribution in [2.75, 3.05) is 19.3 Å². The van der Waals surface area contributed by atoms with E-state index in [4.69, 9.17) is 0 Å². The smallest absolute Gasteiger partial charge is 0.211 e. The van der Waals surface area contributed by atoms with Crippen molar-refractivity contribution < 1.29 is 12.8 Å². The molecule has 0 spiro atoms. The van der Waals surface area contributed by atoms with Gasteiger partial charge in [0.05, 0.1) is 6.26 Å². The zero-order chi connectivity index (χ0) is 12.6. The number of piperidine rings is 1. The highest BCUT2D eigenvalue weighted by molar-refractivity contribution is 7.88. The molecular weight excluding hydrogens is 229 g/mol. The van der Waals surface area contributed by atoms with E-state index in [1.807, 2.05) is 20.8 Å². The molecule has 1 aliphatic heterocycles. The largest absolute Gasteiger partial charge is 0.244 e. The SMILES string of the molecule is CC(C)(C)CC1(F)CCN(S(C)(=O)=O)CC1. The van der Waals surface area contributed by atoms with Crippen LogP contribution in [0.25, 0.3) is 0 Å². The van der Waals surface area contributed by atoms with Crippen LogP contribution in [0.3, 0.4) is 0 Å². The first-order valence-corrected chi connectivity index (χ1v) is 7.51. The van der Waals surface area contributed by atoms with Gasteiger partial charge in [-0.3, -0.25) is 0 Å². The van der Waals surface area contributed by atoms with Crippen molar-refractivity contribution in [3.8, 4) is 0 Å². The molecule has 0 bridgehead atoms. The lowest BCUT2D eigenvalue weighted by Gasteiger charge is -2.38. The van der Waals surface area contributed by atoms with Crippen molar-refractivity contribution in [1.82, 2.24) is 4.31 Å². The van der Waals surface area contributed by atoms with Crippen molar-refractivity contribution in [3.63, 3.8) is 0 Å². The molecule has 0 radical (unpaired) electrons. The Bertz CT molecular complexity index is 337. The van der Waals surface area contributed by atoms with Gasteiger partial charge in [0.1, 0.15) is 5.67 Å². The molecule has 1 heterocycles. The van der Waals surface area contributed by atoms with Gasteiger partial charge in [-0.15, -0.1) is 0 Å². The van der Waals surface area contributed by atoms with Crippen LogP contribution in [0, 0.1) is 5.41 Å². The molecule has 5 heteroatoms. The molecule has 1 rings (SSSR count). The third-order valence-corrected chi connectivity index (χ3v) is 4.24. The van der Waals surface area contributed by atoms with Crippen molar-refractivity contribution in [1.29, 1.82) is 0 Å². The van der Waals surface area contributed by atoms with Crippen LogP contribution in [0.15, 0.2) is 0 Å². The summed E-state index contributed by atoms with van der Waals surface area (Å²) in [6.07, 6.45) is 2.31. The van der Waals surface area contributed by atoms with Crippen LogP contribution in [-0.4, -0.2) is 37.7 Å². The van der Waals surface area contributed by atoms with Gasteiger partial charge in [0, 0.05) is 13.1 Å². The lowest BCUT2D eigenvalue weighted by atomic mass is 9.78. The summed E-state index contributed by atoms with van der Waals surface area (Å²) in [5, 5.41) is 0. The van der Waals surface area contributed by atoms with Crippen LogP contribution >= 0.6 is 0 Å². The van der Waals surface area contributed by atoms with Crippen LogP contribution in [0.1, 0.15) is 40.0 Å². The molecule has 96 valence electrons. The molecule has 0 N–H and O–H groups in total. The molecule has 1 fully saturated rings. The molecule has 0 aromatic carbocycles. The first-order valence-electron chi connectivity index (χ1n) is 5.66. The Balaban J connectivity index is 2.60. The second kappa shape index (κ2) is 4.26. The lowest BCUT2D eigenvalue weighted by molar-refractivity contribution is 0.0457. The Labute approximate surface area is 98.1 Å². The van der Waals surface area contributed by atoms with Gasteiger partial charge in [-0.25, -0.2) is 17.1 Å². The Kier molecular flexibility index (Phi) is 3.70. The number of sulfonamides is 1. The van der Waals surface area contributed by atoms with Gasteiger partial charge in [0.25, 0.3) is 0 Å². The Morgan fingerprint density at radius 2 is 1.69 bits per heavy atom. The first kappa shape index (κ1) is 13.9. The maximum absolute atomic E-state index is 14.4. The summed E-state index contributed by atoms with van der Waals surface area (Å²) < 4.78 is 38.3. The minimum atomic E-state index is -3.15. The fourth-order valence-corrected chi connectivity index (χ4v) is 3.19. The van der Waals surface area contributed by atoms with Crippen LogP contribution in [0.2, 0.25) is 0 Å². The van der Waals surface area contributed by atoms with Crippen molar-refractivity contribution in [2.45, 2.75) is 45.7 Å². The average Bonchev–Trinajstić information content (AvgIpc) is 1.98. The van der Waals surface area contributed by atoms with E-state index < -0.39 is 15.7 Å². The Hall–Kier alpha value is -0.160. The Morgan fingerprint density at radius 3 is 2.00 bits per heavy atom. The molecule has 3 nitrogen and oxygen atoms in total. The number of hydrogen-bond acceptors (Lipinski definition) is 2. The second-order valence-corrected chi connectivity index (χ2v) is 8.03. The summed E-state index contributed by atoms with van der Waals surface area (Å²) in [6.45, 7) is 6.66. The highest BCUT2D eigenvalue weighted by Gasteiger charge is 2.39. The number of hydrogen-bond donors (Lipinski definition) is 0. The number of nitrogens with zero attached hydrogens (tertiary/aromatic N) is 1. The zero-order valence-electron chi connectivity index (χ0n) is 10.6. The van der Waals surface area contributed by atoms with E-state index in [1.54, 1.807) is 0 Å². The Morgan fingerprint density at radius 1 is 1.25 bits per heavy atom. The molecule has 1 saturated heterocycles. The average molecular weight is 251 g/mol. The van der Waals surface area contributed by atoms with E-state index >= 15 is 0 Å². The zero-order valence-corrected chi connectivity index (χ0v) is 11.4. The van der Waals surface area contributed by atoms with Gasteiger partial charge in [-0.1, -0.05) is 20.8 Å². The van der Waals surface area contributed by atoms with Crippen LogP contribution in [-0.2, 0) is 10.0 Å². The van der Waals surface area contributed by atoms with Crippen molar-refractivity contribution >= 4 is 10.0 Å². The van der Waals surface area contributed by atoms with Gasteiger partial charge in [-0.2, -0.15) is 0 Å². The van der Waals surface area contributed by atoms with E-state index in [2.05, 4.69) is 0 Å². The van der Waals surface area contributed by atoms with Crippen LogP contribution in [0.4, 0.5) is 4.39 Å². The summed E-state index contributed by atoms with van der Waals surface area (Å²) in [6, 6.07) is 0. The van der Waals surface area contributed by atoms with Crippen molar-refractivity contribution in [2.24, 2.45) is 5.41 Å². The normalized spacial score (nSPS) is 23.3. The number of alkyl halides is 1. The molecular formula is C11H22FNO2S. The summed E-state index contributed by atoms with van der Waals surface area (Å²) in [7, 11) is -3.15. The minimum absolute atomic E-state index is 0.0536. The standard InChI is InChI=1S/C11H22FNO2S/c1-10(2,3)9-11(12)5-7-13(8-6-11)16(4,14)15/h5-9H2,1-4H3. The topological polar surface area (TPSA) is 37.4 Å². The quantitative estimate of drug-likeness (QED) is 0.754. The molecule has 0 atom stereocenters. The van der Waals surface area contributed by atoms with E-state index in [1.165, 1.54) is 10.6 Å². The lowest BCUT2D eigenvalue weighted by Crippen LogP contribution is -2.45. The maximum atomic E-state index is 14.4. The second-order valence-electron chi connectivity index (χ2n) is 6.05. The van der Waals surface area contributed by atoms with Gasteiger partial charge in [0.15, 0.2) is 0 Å². The van der Waals surface area contributed by atoms with E-state index in [9.17, 15) is 12.8 Å². The van der Waals surface area contributed by atoms with E-state index in [-0.39, 0.29) is 5.41 Å². The molecule has 16 heavy (non-hydrogen) atoms. The van der Waals surface area contributed by atoms with Gasteiger partial charge < -0.3 is 0 Å². The van der Waals surface area contributed by atoms with Gasteiger partial charge in [0.2, 0.25) is 10.0 Å². The number of rotatable bonds is 2. The predicted octanol–water partition coefficient (Wildman–Crippen LogP) is 2.19. The monoisotopic (exact) mass is 251 g/mol. The molecule has 0 unspecified atom stereocenters. The molecule has 0 aromatic rings. The summed E-state index contributed by atoms with van der Waals surface area (Å²) in [4.78, 5) is 0. The fraction of sp³-hybridized carbons (Fsp3) is 1.00. The van der Waals surface area contributed by atoms with Crippen LogP contribution < -0.4 is 0 Å². The van der Waals surface area contributed by atoms with Gasteiger partial charge >= 0.3 is 0 Å². The highest BCUT2D eigenvalue weighted by atomic mass is 32.2. The van der Waals surface area contributed by atoms with Crippen LogP contribution in [0.5, 0.6) is 0 Å². The fourth-order valence-electron chi connectivity index (χ4n) is 2.35. The molecule has 0 aromatic heterocycles. The van der Waals surface area contributed by atoms with E-state index in [0.717, 1.165) is 0 Å². The summed E-state index contributed by atoms with van der Waals surface area (Å²) >= 11 is 0. The molecule has 0 amide bonds. The third kappa shape index (κ3) is 4.01. The van der Waals surface area contributed by atoms with E-state index in [0.29, 0.717) is 32.4 Å². The highest BCUT2D eigenvalue weighted by Crippen LogP contribution is 2.38. The molecule has 0 aliphatic carbocycles. The summed E-state index contributed by atoms with van der Waals surface area (Å²) in [5.74, 6) is 0. The van der Waals surface area contributed by atoms with Crippen molar-refractivity contribution in [3.05, 3.63) is 0 Å². The molecule has 0 saturated carbocycles. The maximum Gasteiger partial charge on any atom is 0.211 e. The predicted molar refractivity (Wildman–Crippen MR) is 63.6 cm³/mol.